The van der Waals surface area contributed by atoms with Crippen molar-refractivity contribution >= 4 is 0 Å². The summed E-state index contributed by atoms with van der Waals surface area (Å²) in [5, 5.41) is 0. The van der Waals surface area contributed by atoms with Gasteiger partial charge in [0.2, 0.25) is 0 Å². The summed E-state index contributed by atoms with van der Waals surface area (Å²) >= 11 is 0. The molecule has 2 saturated carbocycles. The molecule has 0 aromatic heterocycles. The van der Waals surface area contributed by atoms with Gasteiger partial charge in [0, 0.05) is 0 Å². The Balaban J connectivity index is 1.79. The first-order chi connectivity index (χ1) is 7.40. The van der Waals surface area contributed by atoms with Crippen LogP contribution in [-0.2, 0) is 0 Å². The van der Waals surface area contributed by atoms with E-state index in [-0.39, 0.29) is 0 Å². The van der Waals surface area contributed by atoms with Gasteiger partial charge in [-0.25, -0.2) is 0 Å². The van der Waals surface area contributed by atoms with Gasteiger partial charge in [0.25, 0.3) is 0 Å². The highest BCUT2D eigenvalue weighted by Gasteiger charge is 2.26. The van der Waals surface area contributed by atoms with Crippen molar-refractivity contribution in [3.05, 3.63) is 0 Å². The van der Waals surface area contributed by atoms with Crippen molar-refractivity contribution in [1.82, 2.24) is 0 Å². The maximum atomic E-state index is 2.41. The van der Waals surface area contributed by atoms with Gasteiger partial charge in [-0.3, -0.25) is 0 Å². The summed E-state index contributed by atoms with van der Waals surface area (Å²) in [5.41, 5.74) is 0. The lowest BCUT2D eigenvalue weighted by Gasteiger charge is -2.34. The van der Waals surface area contributed by atoms with E-state index in [1.165, 1.54) is 44.9 Å². The van der Waals surface area contributed by atoms with Crippen LogP contribution in [0.4, 0.5) is 0 Å². The van der Waals surface area contributed by atoms with Crippen LogP contribution >= 0.6 is 0 Å². The fourth-order valence-electron chi connectivity index (χ4n) is 3.98. The normalized spacial score (nSPS) is 34.2. The molecule has 0 aromatic rings. The molecule has 88 valence electrons. The Hall–Kier alpha value is 0. The third-order valence-corrected chi connectivity index (χ3v) is 4.95. The average molecular weight is 208 g/mol. The van der Waals surface area contributed by atoms with E-state index < -0.39 is 0 Å². The second-order valence-corrected chi connectivity index (χ2v) is 5.95. The molecule has 2 aliphatic carbocycles. The van der Waals surface area contributed by atoms with Gasteiger partial charge in [-0.2, -0.15) is 0 Å². The molecule has 0 bridgehead atoms. The van der Waals surface area contributed by atoms with Crippen molar-refractivity contribution < 1.29 is 0 Å². The van der Waals surface area contributed by atoms with Crippen molar-refractivity contribution in [3.63, 3.8) is 0 Å². The maximum Gasteiger partial charge on any atom is -0.0383 e. The largest absolute Gasteiger partial charge is 0.0651 e. The minimum absolute atomic E-state index is 1.08. The van der Waals surface area contributed by atoms with Crippen LogP contribution in [0.2, 0.25) is 0 Å². The molecular weight excluding hydrogens is 180 g/mol. The second kappa shape index (κ2) is 5.92. The molecule has 0 heteroatoms. The summed E-state index contributed by atoms with van der Waals surface area (Å²) in [5.74, 6) is 3.29. The Bertz CT molecular complexity index is 167. The zero-order valence-corrected chi connectivity index (χ0v) is 10.5. The van der Waals surface area contributed by atoms with Gasteiger partial charge in [-0.15, -0.1) is 0 Å². The molecule has 0 aliphatic heterocycles. The molecule has 0 spiro atoms. The molecule has 0 heterocycles. The summed E-state index contributed by atoms with van der Waals surface area (Å²) in [6, 6.07) is 0. The minimum atomic E-state index is 1.08. The Morgan fingerprint density at radius 2 is 1.33 bits per heavy atom. The lowest BCUT2D eigenvalue weighted by Crippen LogP contribution is -2.22. The van der Waals surface area contributed by atoms with Gasteiger partial charge in [0.15, 0.2) is 0 Å². The molecule has 2 aliphatic rings. The highest BCUT2D eigenvalue weighted by Crippen LogP contribution is 2.39. The van der Waals surface area contributed by atoms with E-state index in [4.69, 9.17) is 0 Å². The first kappa shape index (κ1) is 11.5. The molecule has 2 rings (SSSR count). The zero-order chi connectivity index (χ0) is 10.5. The van der Waals surface area contributed by atoms with Crippen LogP contribution in [0.1, 0.15) is 77.6 Å². The van der Waals surface area contributed by atoms with Gasteiger partial charge in [-0.1, -0.05) is 71.1 Å². The van der Waals surface area contributed by atoms with Gasteiger partial charge < -0.3 is 0 Å². The predicted molar refractivity (Wildman–Crippen MR) is 66.9 cm³/mol. The molecular formula is C15H28. The molecule has 0 nitrogen and oxygen atoms in total. The van der Waals surface area contributed by atoms with Crippen LogP contribution in [0.15, 0.2) is 0 Å². The fourth-order valence-corrected chi connectivity index (χ4v) is 3.98. The molecule has 0 aromatic carbocycles. The van der Waals surface area contributed by atoms with Crippen molar-refractivity contribution in [2.24, 2.45) is 17.8 Å². The van der Waals surface area contributed by atoms with Gasteiger partial charge >= 0.3 is 0 Å². The van der Waals surface area contributed by atoms with E-state index in [1.54, 1.807) is 25.7 Å². The minimum Gasteiger partial charge on any atom is -0.0651 e. The summed E-state index contributed by atoms with van der Waals surface area (Å²) in [7, 11) is 0. The summed E-state index contributed by atoms with van der Waals surface area (Å²) in [4.78, 5) is 0. The first-order valence-corrected chi connectivity index (χ1v) is 7.40. The summed E-state index contributed by atoms with van der Waals surface area (Å²) in [6.45, 7) is 2.41. The van der Waals surface area contributed by atoms with E-state index in [1.807, 2.05) is 0 Å². The topological polar surface area (TPSA) is 0 Å². The number of hydrogen-bond donors (Lipinski definition) is 0. The van der Waals surface area contributed by atoms with Gasteiger partial charge in [-0.05, 0) is 24.2 Å². The molecule has 0 saturated heterocycles. The standard InChI is InChI=1S/C15H28/c1-2-14-10-6-7-11-15(14)12-13-8-4-3-5-9-13/h13-15H,2-12H2,1H3/t14-,15+/m0/s1. The van der Waals surface area contributed by atoms with Crippen molar-refractivity contribution in [2.45, 2.75) is 77.6 Å². The zero-order valence-electron chi connectivity index (χ0n) is 10.5. The Labute approximate surface area is 95.8 Å². The van der Waals surface area contributed by atoms with E-state index in [0.29, 0.717) is 0 Å². The van der Waals surface area contributed by atoms with E-state index in [0.717, 1.165) is 17.8 Å². The van der Waals surface area contributed by atoms with E-state index in [2.05, 4.69) is 6.92 Å². The van der Waals surface area contributed by atoms with Crippen LogP contribution < -0.4 is 0 Å². The molecule has 2 atom stereocenters. The SMILES string of the molecule is CC[C@H]1CCCC[C@@H]1CC1CCCCC1. The highest BCUT2D eigenvalue weighted by molar-refractivity contribution is 4.78. The van der Waals surface area contributed by atoms with Crippen molar-refractivity contribution in [3.8, 4) is 0 Å². The second-order valence-electron chi connectivity index (χ2n) is 5.95. The van der Waals surface area contributed by atoms with Crippen LogP contribution in [0.5, 0.6) is 0 Å². The lowest BCUT2D eigenvalue weighted by atomic mass is 9.71. The summed E-state index contributed by atoms with van der Waals surface area (Å²) in [6.07, 6.45) is 16.8. The van der Waals surface area contributed by atoms with Crippen LogP contribution in [-0.4, -0.2) is 0 Å². The summed E-state index contributed by atoms with van der Waals surface area (Å²) < 4.78 is 0. The van der Waals surface area contributed by atoms with Gasteiger partial charge in [0.1, 0.15) is 0 Å². The third kappa shape index (κ3) is 3.23. The highest BCUT2D eigenvalue weighted by atomic mass is 14.3. The maximum absolute atomic E-state index is 2.41. The monoisotopic (exact) mass is 208 g/mol. The van der Waals surface area contributed by atoms with Crippen LogP contribution in [0.25, 0.3) is 0 Å². The fraction of sp³-hybridized carbons (Fsp3) is 1.00. The first-order valence-electron chi connectivity index (χ1n) is 7.40. The molecule has 15 heavy (non-hydrogen) atoms. The van der Waals surface area contributed by atoms with E-state index in [9.17, 15) is 0 Å². The number of hydrogen-bond acceptors (Lipinski definition) is 0. The quantitative estimate of drug-likeness (QED) is 0.600. The van der Waals surface area contributed by atoms with E-state index >= 15 is 0 Å². The molecule has 0 unspecified atom stereocenters. The molecule has 0 amide bonds. The Kier molecular flexibility index (Phi) is 4.53. The third-order valence-electron chi connectivity index (χ3n) is 4.95. The van der Waals surface area contributed by atoms with Crippen molar-refractivity contribution in [1.29, 1.82) is 0 Å². The van der Waals surface area contributed by atoms with Crippen LogP contribution in [0, 0.1) is 17.8 Å². The Morgan fingerprint density at radius 1 is 0.733 bits per heavy atom. The lowest BCUT2D eigenvalue weighted by molar-refractivity contribution is 0.172. The number of rotatable bonds is 3. The molecule has 2 fully saturated rings. The molecule has 0 radical (unpaired) electrons. The predicted octanol–water partition coefficient (Wildman–Crippen LogP) is 5.17. The smallest absolute Gasteiger partial charge is 0.0383 e. The average Bonchev–Trinajstić information content (AvgIpc) is 2.31. The Morgan fingerprint density at radius 3 is 2.00 bits per heavy atom. The molecule has 0 N–H and O–H groups in total. The van der Waals surface area contributed by atoms with Crippen LogP contribution in [0.3, 0.4) is 0 Å². The van der Waals surface area contributed by atoms with Crippen molar-refractivity contribution in [2.75, 3.05) is 0 Å². The van der Waals surface area contributed by atoms with Gasteiger partial charge in [0.05, 0.1) is 0 Å².